The van der Waals surface area contributed by atoms with E-state index in [4.69, 9.17) is 21.1 Å². The second-order valence-corrected chi connectivity index (χ2v) is 11.3. The van der Waals surface area contributed by atoms with E-state index in [0.717, 1.165) is 49.8 Å². The Kier molecular flexibility index (Phi) is 8.20. The van der Waals surface area contributed by atoms with Crippen LogP contribution in [0.2, 0.25) is 5.02 Å². The van der Waals surface area contributed by atoms with E-state index < -0.39 is 0 Å². The van der Waals surface area contributed by atoms with Gasteiger partial charge < -0.3 is 14.4 Å². The molecule has 0 saturated carbocycles. The molecule has 2 atom stereocenters. The van der Waals surface area contributed by atoms with Crippen LogP contribution in [-0.2, 0) is 6.54 Å². The minimum atomic E-state index is 0.467. The molecule has 2 aliphatic rings. The molecule has 0 aliphatic carbocycles. The molecule has 2 fully saturated rings. The minimum absolute atomic E-state index is 0.467. The van der Waals surface area contributed by atoms with Crippen molar-refractivity contribution >= 4 is 17.3 Å². The maximum atomic E-state index is 6.27. The Bertz CT molecular complexity index is 1270. The molecule has 1 unspecified atom stereocenters. The van der Waals surface area contributed by atoms with Gasteiger partial charge in [0.1, 0.15) is 11.5 Å². The molecule has 2 aliphatic heterocycles. The molecule has 38 heavy (non-hydrogen) atoms. The van der Waals surface area contributed by atoms with Crippen LogP contribution < -0.4 is 14.4 Å². The van der Waals surface area contributed by atoms with E-state index in [1.165, 1.54) is 47.3 Å². The first-order chi connectivity index (χ1) is 18.4. The summed E-state index contributed by atoms with van der Waals surface area (Å²) in [7, 11) is 1.68. The lowest BCUT2D eigenvalue weighted by molar-refractivity contribution is 0.0712. The highest BCUT2D eigenvalue weighted by atomic mass is 35.5. The monoisotopic (exact) mass is 536 g/mol. The van der Waals surface area contributed by atoms with Crippen LogP contribution >= 0.6 is 11.6 Å². The van der Waals surface area contributed by atoms with Gasteiger partial charge in [0, 0.05) is 62.1 Å². The third-order valence-electron chi connectivity index (χ3n) is 8.46. The summed E-state index contributed by atoms with van der Waals surface area (Å²) in [6, 6.07) is 13.8. The topological polar surface area (TPSA) is 42.8 Å². The van der Waals surface area contributed by atoms with Gasteiger partial charge in [-0.15, -0.1) is 0 Å². The lowest BCUT2D eigenvalue weighted by Crippen LogP contribution is -2.56. The molecular formula is C31H41ClN4O2. The number of ether oxygens (including phenoxy) is 2. The minimum Gasteiger partial charge on any atom is -0.495 e. The molecule has 0 bridgehead atoms. The Morgan fingerprint density at radius 3 is 2.58 bits per heavy atom. The van der Waals surface area contributed by atoms with E-state index in [2.05, 4.69) is 70.7 Å². The van der Waals surface area contributed by atoms with Crippen LogP contribution in [0.1, 0.15) is 59.8 Å². The molecule has 0 amide bonds. The van der Waals surface area contributed by atoms with Crippen molar-refractivity contribution in [3.8, 4) is 11.5 Å². The Morgan fingerprint density at radius 1 is 0.974 bits per heavy atom. The number of piperidine rings is 1. The van der Waals surface area contributed by atoms with Crippen LogP contribution in [0.4, 0.5) is 5.69 Å². The van der Waals surface area contributed by atoms with Crippen LogP contribution in [0.3, 0.4) is 0 Å². The molecule has 204 valence electrons. The Labute approximate surface area is 232 Å². The van der Waals surface area contributed by atoms with Crippen molar-refractivity contribution in [2.24, 2.45) is 0 Å². The van der Waals surface area contributed by atoms with Gasteiger partial charge in [0.05, 0.1) is 24.4 Å². The van der Waals surface area contributed by atoms with Gasteiger partial charge in [0.2, 0.25) is 0 Å². The standard InChI is InChI=1S/C31H41ClN4O2/c1-21-18-22(2)36(33-21)14-7-17-38-30-13-11-27(23(3)24(30)4)29-9-6-8-26-20-34(15-16-35(26)29)25-10-12-28(32)31(19-25)37-5/h10-13,18-19,26,29H,6-9,14-17,20H2,1-5H3/t26?,29-/m1/s1. The summed E-state index contributed by atoms with van der Waals surface area (Å²) in [6.45, 7) is 13.3. The van der Waals surface area contributed by atoms with Crippen LogP contribution in [0.15, 0.2) is 36.4 Å². The average Bonchev–Trinajstić information content (AvgIpc) is 3.25. The molecule has 2 aromatic carbocycles. The molecule has 0 radical (unpaired) electrons. The number of aromatic nitrogens is 2. The molecule has 5 rings (SSSR count). The number of rotatable bonds is 8. The van der Waals surface area contributed by atoms with Gasteiger partial charge in [-0.2, -0.15) is 5.10 Å². The average molecular weight is 537 g/mol. The number of piperazine rings is 1. The lowest BCUT2D eigenvalue weighted by Gasteiger charge is -2.49. The van der Waals surface area contributed by atoms with Gasteiger partial charge in [-0.05, 0) is 87.9 Å². The Morgan fingerprint density at radius 2 is 1.82 bits per heavy atom. The summed E-state index contributed by atoms with van der Waals surface area (Å²) in [5.41, 5.74) is 7.57. The van der Waals surface area contributed by atoms with Gasteiger partial charge in [0.25, 0.3) is 0 Å². The summed E-state index contributed by atoms with van der Waals surface area (Å²) >= 11 is 6.27. The fourth-order valence-electron chi connectivity index (χ4n) is 6.30. The number of halogens is 1. The third kappa shape index (κ3) is 5.52. The van der Waals surface area contributed by atoms with Gasteiger partial charge in [-0.25, -0.2) is 0 Å². The second kappa shape index (κ2) is 11.6. The molecular weight excluding hydrogens is 496 g/mol. The van der Waals surface area contributed by atoms with Crippen LogP contribution in [0.5, 0.6) is 11.5 Å². The molecule has 3 heterocycles. The highest BCUT2D eigenvalue weighted by Gasteiger charge is 2.36. The first-order valence-electron chi connectivity index (χ1n) is 13.9. The molecule has 3 aromatic rings. The number of fused-ring (bicyclic) bond motifs is 1. The molecule has 6 nitrogen and oxygen atoms in total. The Hall–Kier alpha value is -2.70. The summed E-state index contributed by atoms with van der Waals surface area (Å²) in [6.07, 6.45) is 4.66. The predicted molar refractivity (Wildman–Crippen MR) is 155 cm³/mol. The summed E-state index contributed by atoms with van der Waals surface area (Å²) in [5, 5.41) is 5.22. The third-order valence-corrected chi connectivity index (χ3v) is 8.77. The van der Waals surface area contributed by atoms with Gasteiger partial charge >= 0.3 is 0 Å². The molecule has 7 heteroatoms. The van der Waals surface area contributed by atoms with Crippen molar-refractivity contribution in [2.45, 2.75) is 72.0 Å². The van der Waals surface area contributed by atoms with Crippen molar-refractivity contribution in [3.63, 3.8) is 0 Å². The SMILES string of the molecule is COc1cc(N2CCN3C(CCC[C@@H]3c3ccc(OCCCn4nc(C)cc4C)c(C)c3C)C2)ccc1Cl. The predicted octanol–water partition coefficient (Wildman–Crippen LogP) is 6.66. The van der Waals surface area contributed by atoms with E-state index in [-0.39, 0.29) is 0 Å². The fourth-order valence-corrected chi connectivity index (χ4v) is 6.49. The zero-order valence-electron chi connectivity index (χ0n) is 23.5. The van der Waals surface area contributed by atoms with E-state index in [1.807, 2.05) is 13.0 Å². The zero-order chi connectivity index (χ0) is 26.8. The van der Waals surface area contributed by atoms with Crippen molar-refractivity contribution in [1.82, 2.24) is 14.7 Å². The van der Waals surface area contributed by atoms with E-state index in [1.54, 1.807) is 7.11 Å². The number of hydrogen-bond donors (Lipinski definition) is 0. The second-order valence-electron chi connectivity index (χ2n) is 10.9. The number of benzene rings is 2. The van der Waals surface area contributed by atoms with Crippen molar-refractivity contribution in [3.05, 3.63) is 69.5 Å². The zero-order valence-corrected chi connectivity index (χ0v) is 24.2. The number of aryl methyl sites for hydroxylation is 3. The van der Waals surface area contributed by atoms with Crippen molar-refractivity contribution in [2.75, 3.05) is 38.3 Å². The van der Waals surface area contributed by atoms with Crippen LogP contribution in [0, 0.1) is 27.7 Å². The summed E-state index contributed by atoms with van der Waals surface area (Å²) < 4.78 is 13.8. The highest BCUT2D eigenvalue weighted by molar-refractivity contribution is 6.32. The van der Waals surface area contributed by atoms with E-state index in [9.17, 15) is 0 Å². The quantitative estimate of drug-likeness (QED) is 0.301. The number of hydrogen-bond acceptors (Lipinski definition) is 5. The highest BCUT2D eigenvalue weighted by Crippen LogP contribution is 2.40. The molecule has 0 spiro atoms. The molecule has 2 saturated heterocycles. The fraction of sp³-hybridized carbons (Fsp3) is 0.516. The number of methoxy groups -OCH3 is 1. The maximum Gasteiger partial charge on any atom is 0.139 e. The first kappa shape index (κ1) is 26.9. The van der Waals surface area contributed by atoms with Gasteiger partial charge in [-0.1, -0.05) is 17.7 Å². The van der Waals surface area contributed by atoms with Gasteiger partial charge in [0.15, 0.2) is 0 Å². The van der Waals surface area contributed by atoms with E-state index >= 15 is 0 Å². The number of nitrogens with zero attached hydrogens (tertiary/aromatic N) is 4. The molecule has 1 aromatic heterocycles. The first-order valence-corrected chi connectivity index (χ1v) is 14.3. The van der Waals surface area contributed by atoms with Crippen LogP contribution in [-0.4, -0.2) is 54.1 Å². The largest absolute Gasteiger partial charge is 0.495 e. The lowest BCUT2D eigenvalue weighted by atomic mass is 9.86. The van der Waals surface area contributed by atoms with E-state index in [0.29, 0.717) is 23.7 Å². The molecule has 0 N–H and O–H groups in total. The van der Waals surface area contributed by atoms with Crippen molar-refractivity contribution in [1.29, 1.82) is 0 Å². The maximum absolute atomic E-state index is 6.27. The summed E-state index contributed by atoms with van der Waals surface area (Å²) in [5.74, 6) is 1.75. The van der Waals surface area contributed by atoms with Crippen LogP contribution in [0.25, 0.3) is 0 Å². The van der Waals surface area contributed by atoms with Gasteiger partial charge in [-0.3, -0.25) is 9.58 Å². The normalized spacial score (nSPS) is 19.9. The smallest absolute Gasteiger partial charge is 0.139 e. The Balaban J connectivity index is 1.23. The van der Waals surface area contributed by atoms with Crippen molar-refractivity contribution < 1.29 is 9.47 Å². The summed E-state index contributed by atoms with van der Waals surface area (Å²) in [4.78, 5) is 5.24. The number of anilines is 1.